The largest absolute Gasteiger partial charge is 0.333 e. The lowest BCUT2D eigenvalue weighted by atomic mass is 10.1. The van der Waals surface area contributed by atoms with Crippen molar-refractivity contribution in [1.29, 1.82) is 0 Å². The van der Waals surface area contributed by atoms with Gasteiger partial charge >= 0.3 is 0 Å². The molecule has 1 fully saturated rings. The van der Waals surface area contributed by atoms with Crippen LogP contribution in [-0.2, 0) is 4.79 Å². The smallest absolute Gasteiger partial charge is 0.254 e. The zero-order chi connectivity index (χ0) is 13.8. The molecule has 0 saturated carbocycles. The summed E-state index contributed by atoms with van der Waals surface area (Å²) in [5.74, 6) is -0.0711. The van der Waals surface area contributed by atoms with Gasteiger partial charge in [0.15, 0.2) is 0 Å². The summed E-state index contributed by atoms with van der Waals surface area (Å²) in [5.41, 5.74) is 1.36. The number of rotatable bonds is 2. The number of carbonyl (C=O) groups is 2. The first kappa shape index (κ1) is 13.5. The van der Waals surface area contributed by atoms with Gasteiger partial charge in [0, 0.05) is 43.9 Å². The SMILES string of the molecule is CC(=O)Nc1ccc(C(=O)N2CCNCC2C)cc1. The van der Waals surface area contributed by atoms with Gasteiger partial charge in [-0.3, -0.25) is 9.59 Å². The van der Waals surface area contributed by atoms with Gasteiger partial charge in [0.1, 0.15) is 0 Å². The van der Waals surface area contributed by atoms with E-state index in [1.54, 1.807) is 24.3 Å². The maximum Gasteiger partial charge on any atom is 0.254 e. The van der Waals surface area contributed by atoms with Gasteiger partial charge in [0.05, 0.1) is 0 Å². The van der Waals surface area contributed by atoms with Gasteiger partial charge in [0.25, 0.3) is 5.91 Å². The number of hydrogen-bond donors (Lipinski definition) is 2. The lowest BCUT2D eigenvalue weighted by molar-refractivity contribution is -0.114. The molecule has 102 valence electrons. The van der Waals surface area contributed by atoms with E-state index in [2.05, 4.69) is 10.6 Å². The number of carbonyl (C=O) groups excluding carboxylic acids is 2. The molecule has 2 amide bonds. The summed E-state index contributed by atoms with van der Waals surface area (Å²) >= 11 is 0. The zero-order valence-electron chi connectivity index (χ0n) is 11.3. The average molecular weight is 261 g/mol. The highest BCUT2D eigenvalue weighted by atomic mass is 16.2. The van der Waals surface area contributed by atoms with Crippen LogP contribution in [0.25, 0.3) is 0 Å². The highest BCUT2D eigenvalue weighted by molar-refractivity contribution is 5.95. The van der Waals surface area contributed by atoms with E-state index in [0.29, 0.717) is 11.3 Å². The normalized spacial score (nSPS) is 19.1. The standard InChI is InChI=1S/C14H19N3O2/c1-10-9-15-7-8-17(10)14(19)12-3-5-13(6-4-12)16-11(2)18/h3-6,10,15H,7-9H2,1-2H3,(H,16,18). The molecule has 2 rings (SSSR count). The number of piperazine rings is 1. The van der Waals surface area contributed by atoms with Crippen molar-refractivity contribution in [2.75, 3.05) is 25.0 Å². The van der Waals surface area contributed by atoms with Gasteiger partial charge in [-0.1, -0.05) is 0 Å². The van der Waals surface area contributed by atoms with Crippen LogP contribution in [0, 0.1) is 0 Å². The lowest BCUT2D eigenvalue weighted by Gasteiger charge is -2.34. The van der Waals surface area contributed by atoms with Gasteiger partial charge in [-0.25, -0.2) is 0 Å². The number of nitrogens with zero attached hydrogens (tertiary/aromatic N) is 1. The van der Waals surface area contributed by atoms with Gasteiger partial charge < -0.3 is 15.5 Å². The Kier molecular flexibility index (Phi) is 4.16. The van der Waals surface area contributed by atoms with Crippen molar-refractivity contribution in [3.8, 4) is 0 Å². The molecule has 19 heavy (non-hydrogen) atoms. The van der Waals surface area contributed by atoms with Crippen molar-refractivity contribution in [2.45, 2.75) is 19.9 Å². The molecule has 1 aliphatic rings. The van der Waals surface area contributed by atoms with E-state index in [-0.39, 0.29) is 17.9 Å². The van der Waals surface area contributed by atoms with E-state index in [0.717, 1.165) is 19.6 Å². The van der Waals surface area contributed by atoms with Crippen LogP contribution in [0.1, 0.15) is 24.2 Å². The van der Waals surface area contributed by atoms with Crippen molar-refractivity contribution in [1.82, 2.24) is 10.2 Å². The maximum atomic E-state index is 12.4. The predicted octanol–water partition coefficient (Wildman–Crippen LogP) is 1.08. The summed E-state index contributed by atoms with van der Waals surface area (Å²) < 4.78 is 0. The molecule has 0 radical (unpaired) electrons. The minimum absolute atomic E-state index is 0.0448. The van der Waals surface area contributed by atoms with E-state index in [4.69, 9.17) is 0 Å². The molecule has 0 spiro atoms. The second-order valence-corrected chi connectivity index (χ2v) is 4.81. The van der Waals surface area contributed by atoms with E-state index in [1.807, 2.05) is 11.8 Å². The second kappa shape index (κ2) is 5.84. The van der Waals surface area contributed by atoms with Crippen LogP contribution in [0.4, 0.5) is 5.69 Å². The topological polar surface area (TPSA) is 61.4 Å². The van der Waals surface area contributed by atoms with Gasteiger partial charge in [-0.15, -0.1) is 0 Å². The monoisotopic (exact) mass is 261 g/mol. The van der Waals surface area contributed by atoms with Crippen LogP contribution >= 0.6 is 0 Å². The zero-order valence-corrected chi connectivity index (χ0v) is 11.3. The van der Waals surface area contributed by atoms with Crippen LogP contribution in [0.15, 0.2) is 24.3 Å². The van der Waals surface area contributed by atoms with Crippen molar-refractivity contribution in [2.24, 2.45) is 0 Å². The Morgan fingerprint density at radius 2 is 2.00 bits per heavy atom. The number of nitrogens with one attached hydrogen (secondary N) is 2. The fourth-order valence-electron chi connectivity index (χ4n) is 2.21. The Hall–Kier alpha value is -1.88. The number of benzene rings is 1. The summed E-state index contributed by atoms with van der Waals surface area (Å²) in [4.78, 5) is 25.2. The summed E-state index contributed by atoms with van der Waals surface area (Å²) in [6.07, 6.45) is 0. The second-order valence-electron chi connectivity index (χ2n) is 4.81. The Labute approximate surface area is 113 Å². The summed E-state index contributed by atoms with van der Waals surface area (Å²) in [6, 6.07) is 7.21. The predicted molar refractivity (Wildman–Crippen MR) is 74.1 cm³/mol. The molecule has 1 heterocycles. The van der Waals surface area contributed by atoms with Crippen molar-refractivity contribution < 1.29 is 9.59 Å². The molecule has 0 bridgehead atoms. The Morgan fingerprint density at radius 3 is 2.58 bits per heavy atom. The molecule has 1 unspecified atom stereocenters. The molecule has 2 N–H and O–H groups in total. The fourth-order valence-corrected chi connectivity index (χ4v) is 2.21. The lowest BCUT2D eigenvalue weighted by Crippen LogP contribution is -2.52. The molecule has 1 aromatic carbocycles. The summed E-state index contributed by atoms with van der Waals surface area (Å²) in [7, 11) is 0. The molecule has 0 aromatic heterocycles. The average Bonchev–Trinajstić information content (AvgIpc) is 2.39. The molecule has 1 aromatic rings. The van der Waals surface area contributed by atoms with Crippen LogP contribution in [-0.4, -0.2) is 42.4 Å². The molecule has 1 saturated heterocycles. The Bertz CT molecular complexity index is 470. The van der Waals surface area contributed by atoms with Crippen molar-refractivity contribution in [3.63, 3.8) is 0 Å². The van der Waals surface area contributed by atoms with Crippen molar-refractivity contribution in [3.05, 3.63) is 29.8 Å². The van der Waals surface area contributed by atoms with Gasteiger partial charge in [0.2, 0.25) is 5.91 Å². The third-order valence-corrected chi connectivity index (χ3v) is 3.21. The number of amides is 2. The molecule has 1 atom stereocenters. The van der Waals surface area contributed by atoms with Gasteiger partial charge in [-0.2, -0.15) is 0 Å². The van der Waals surface area contributed by atoms with E-state index in [9.17, 15) is 9.59 Å². The van der Waals surface area contributed by atoms with Crippen LogP contribution in [0.5, 0.6) is 0 Å². The third kappa shape index (κ3) is 3.32. The number of anilines is 1. The molecule has 5 heteroatoms. The van der Waals surface area contributed by atoms with Crippen molar-refractivity contribution >= 4 is 17.5 Å². The summed E-state index contributed by atoms with van der Waals surface area (Å²) in [6.45, 7) is 5.89. The minimum atomic E-state index is -0.116. The van der Waals surface area contributed by atoms with Crippen LogP contribution in [0.3, 0.4) is 0 Å². The minimum Gasteiger partial charge on any atom is -0.333 e. The fraction of sp³-hybridized carbons (Fsp3) is 0.429. The molecule has 1 aliphatic heterocycles. The van der Waals surface area contributed by atoms with E-state index < -0.39 is 0 Å². The molecular weight excluding hydrogens is 242 g/mol. The first-order valence-electron chi connectivity index (χ1n) is 6.47. The molecule has 0 aliphatic carbocycles. The van der Waals surface area contributed by atoms with Gasteiger partial charge in [-0.05, 0) is 31.2 Å². The highest BCUT2D eigenvalue weighted by Gasteiger charge is 2.23. The van der Waals surface area contributed by atoms with Crippen LogP contribution in [0.2, 0.25) is 0 Å². The Balaban J connectivity index is 2.08. The van der Waals surface area contributed by atoms with E-state index >= 15 is 0 Å². The maximum absolute atomic E-state index is 12.4. The highest BCUT2D eigenvalue weighted by Crippen LogP contribution is 2.14. The quantitative estimate of drug-likeness (QED) is 0.837. The number of hydrogen-bond acceptors (Lipinski definition) is 3. The van der Waals surface area contributed by atoms with E-state index in [1.165, 1.54) is 6.92 Å². The first-order chi connectivity index (χ1) is 9.08. The summed E-state index contributed by atoms with van der Waals surface area (Å²) in [5, 5.41) is 5.95. The molecule has 5 nitrogen and oxygen atoms in total. The third-order valence-electron chi connectivity index (χ3n) is 3.21. The first-order valence-corrected chi connectivity index (χ1v) is 6.47. The van der Waals surface area contributed by atoms with Crippen LogP contribution < -0.4 is 10.6 Å². The molecular formula is C14H19N3O2. The Morgan fingerprint density at radius 1 is 1.32 bits per heavy atom.